The Labute approximate surface area is 182 Å². The number of hydrogen-bond donors (Lipinski definition) is 2. The minimum absolute atomic E-state index is 0.0600. The third kappa shape index (κ3) is 4.37. The number of nitrogens with zero attached hydrogens (tertiary/aromatic N) is 2. The second-order valence-corrected chi connectivity index (χ2v) is 8.33. The van der Waals surface area contributed by atoms with Crippen molar-refractivity contribution in [1.82, 2.24) is 5.32 Å². The molecular weight excluding hydrogens is 448 g/mol. The number of hydrogen-bond acceptors (Lipinski definition) is 6. The molecule has 0 amide bonds. The number of rotatable bonds is 5. The van der Waals surface area contributed by atoms with Crippen LogP contribution in [0.2, 0.25) is 0 Å². The van der Waals surface area contributed by atoms with Crippen molar-refractivity contribution < 1.29 is 4.79 Å². The van der Waals surface area contributed by atoms with Crippen LogP contribution < -0.4 is 11.1 Å². The second kappa shape index (κ2) is 9.00. The predicted octanol–water partition coefficient (Wildman–Crippen LogP) is 4.49. The van der Waals surface area contributed by atoms with E-state index in [1.807, 2.05) is 43.3 Å². The molecule has 2 aromatic carbocycles. The number of dihydropyridines is 1. The molecule has 3 N–H and O–H groups in total. The van der Waals surface area contributed by atoms with E-state index in [1.54, 1.807) is 12.1 Å². The van der Waals surface area contributed by atoms with Gasteiger partial charge >= 0.3 is 0 Å². The number of benzene rings is 2. The Bertz CT molecular complexity index is 1110. The van der Waals surface area contributed by atoms with E-state index >= 15 is 0 Å². The lowest BCUT2D eigenvalue weighted by atomic mass is 9.82. The molecular formula is C22H17BrN4OS. The van der Waals surface area contributed by atoms with E-state index in [1.165, 1.54) is 11.8 Å². The van der Waals surface area contributed by atoms with Crippen LogP contribution in [0.5, 0.6) is 0 Å². The van der Waals surface area contributed by atoms with Gasteiger partial charge in [0.1, 0.15) is 5.82 Å². The Kier molecular flexibility index (Phi) is 6.43. The monoisotopic (exact) mass is 464 g/mol. The summed E-state index contributed by atoms with van der Waals surface area (Å²) in [5.74, 6) is -0.267. The van der Waals surface area contributed by atoms with Crippen LogP contribution in [0.1, 0.15) is 27.4 Å². The Morgan fingerprint density at radius 1 is 1.14 bits per heavy atom. The summed E-state index contributed by atoms with van der Waals surface area (Å²) in [4.78, 5) is 12.5. The molecule has 144 valence electrons. The van der Waals surface area contributed by atoms with Gasteiger partial charge in [0.2, 0.25) is 0 Å². The van der Waals surface area contributed by atoms with Gasteiger partial charge in [-0.15, -0.1) is 0 Å². The molecule has 29 heavy (non-hydrogen) atoms. The Hall–Kier alpha value is -3.00. The van der Waals surface area contributed by atoms with Gasteiger partial charge in [0.05, 0.1) is 40.0 Å². The lowest BCUT2D eigenvalue weighted by Crippen LogP contribution is -2.30. The van der Waals surface area contributed by atoms with Crippen molar-refractivity contribution in [3.05, 3.63) is 91.7 Å². The van der Waals surface area contributed by atoms with E-state index in [-0.39, 0.29) is 17.4 Å². The summed E-state index contributed by atoms with van der Waals surface area (Å²) in [6.07, 6.45) is 0. The Morgan fingerprint density at radius 3 is 2.41 bits per heavy atom. The first-order valence-corrected chi connectivity index (χ1v) is 10.5. The quantitative estimate of drug-likeness (QED) is 0.631. The van der Waals surface area contributed by atoms with Gasteiger partial charge in [-0.25, -0.2) is 0 Å². The topological polar surface area (TPSA) is 103 Å². The van der Waals surface area contributed by atoms with Crippen molar-refractivity contribution in [2.24, 2.45) is 5.73 Å². The molecule has 0 saturated heterocycles. The van der Waals surface area contributed by atoms with Crippen LogP contribution in [-0.4, -0.2) is 11.5 Å². The van der Waals surface area contributed by atoms with Crippen molar-refractivity contribution in [2.75, 3.05) is 5.75 Å². The van der Waals surface area contributed by atoms with E-state index < -0.39 is 5.92 Å². The van der Waals surface area contributed by atoms with E-state index in [0.717, 1.165) is 15.6 Å². The molecule has 1 heterocycles. The highest BCUT2D eigenvalue weighted by atomic mass is 79.9. The Balaban J connectivity index is 1.94. The Morgan fingerprint density at radius 2 is 1.79 bits per heavy atom. The number of thioether (sulfide) groups is 1. The van der Waals surface area contributed by atoms with E-state index in [2.05, 4.69) is 33.4 Å². The van der Waals surface area contributed by atoms with Crippen LogP contribution in [0.3, 0.4) is 0 Å². The molecule has 7 heteroatoms. The molecule has 0 bridgehead atoms. The first-order chi connectivity index (χ1) is 14.0. The van der Waals surface area contributed by atoms with Crippen LogP contribution in [0.4, 0.5) is 0 Å². The summed E-state index contributed by atoms with van der Waals surface area (Å²) in [5.41, 5.74) is 9.20. The number of nitrogens with one attached hydrogen (secondary N) is 1. The van der Waals surface area contributed by atoms with Crippen molar-refractivity contribution in [2.45, 2.75) is 12.8 Å². The molecule has 0 aliphatic carbocycles. The van der Waals surface area contributed by atoms with E-state index in [9.17, 15) is 15.3 Å². The van der Waals surface area contributed by atoms with Crippen LogP contribution in [0, 0.1) is 29.6 Å². The summed E-state index contributed by atoms with van der Waals surface area (Å²) >= 11 is 4.57. The molecule has 5 nitrogen and oxygen atoms in total. The molecule has 0 unspecified atom stereocenters. The van der Waals surface area contributed by atoms with Crippen molar-refractivity contribution in [1.29, 1.82) is 10.5 Å². The van der Waals surface area contributed by atoms with E-state index in [4.69, 9.17) is 5.73 Å². The number of Topliss-reactive ketones (excluding diaryl/α,β-unsaturated/α-hetero) is 1. The smallest absolute Gasteiger partial charge is 0.173 e. The standard InChI is InChI=1S/C22H17BrN4OS/c1-13-4-2-3-5-16(13)20-17(10-24)21(26)27-22(18(20)11-25)29-12-19(28)14-6-8-15(23)9-7-14/h2-9,20,27H,12,26H2,1H3/t20-/m0/s1. The van der Waals surface area contributed by atoms with Crippen LogP contribution in [0.25, 0.3) is 0 Å². The molecule has 1 aliphatic rings. The molecule has 0 aromatic heterocycles. The lowest BCUT2D eigenvalue weighted by molar-refractivity contribution is 0.102. The molecule has 0 saturated carbocycles. The number of carbonyl (C=O) groups is 1. The van der Waals surface area contributed by atoms with E-state index in [0.29, 0.717) is 21.7 Å². The molecule has 3 rings (SSSR count). The van der Waals surface area contributed by atoms with Gasteiger partial charge in [-0.1, -0.05) is 64.1 Å². The highest BCUT2D eigenvalue weighted by molar-refractivity contribution is 9.10. The van der Waals surface area contributed by atoms with Crippen LogP contribution in [-0.2, 0) is 0 Å². The highest BCUT2D eigenvalue weighted by Crippen LogP contribution is 2.40. The lowest BCUT2D eigenvalue weighted by Gasteiger charge is -2.27. The number of carbonyl (C=O) groups excluding carboxylic acids is 1. The summed E-state index contributed by atoms with van der Waals surface area (Å²) < 4.78 is 0.896. The van der Waals surface area contributed by atoms with Gasteiger partial charge in [0.25, 0.3) is 0 Å². The zero-order valence-electron chi connectivity index (χ0n) is 15.6. The third-order valence-corrected chi connectivity index (χ3v) is 6.16. The minimum atomic E-state index is -0.558. The molecule has 1 atom stereocenters. The summed E-state index contributed by atoms with van der Waals surface area (Å²) in [6, 6.07) is 19.1. The number of aryl methyl sites for hydroxylation is 1. The third-order valence-electron chi connectivity index (χ3n) is 4.61. The fourth-order valence-electron chi connectivity index (χ4n) is 3.12. The largest absolute Gasteiger partial charge is 0.384 e. The van der Waals surface area contributed by atoms with Crippen molar-refractivity contribution in [3.63, 3.8) is 0 Å². The zero-order chi connectivity index (χ0) is 21.0. The number of halogens is 1. The van der Waals surface area contributed by atoms with Crippen LogP contribution in [0.15, 0.2) is 75.0 Å². The van der Waals surface area contributed by atoms with Gasteiger partial charge in [-0.2, -0.15) is 10.5 Å². The maximum Gasteiger partial charge on any atom is 0.173 e. The van der Waals surface area contributed by atoms with Gasteiger partial charge in [-0.05, 0) is 30.2 Å². The number of allylic oxidation sites excluding steroid dienone is 2. The molecule has 1 aliphatic heterocycles. The van der Waals surface area contributed by atoms with Gasteiger partial charge in [-0.3, -0.25) is 4.79 Å². The van der Waals surface area contributed by atoms with Crippen molar-refractivity contribution in [3.8, 4) is 12.1 Å². The summed E-state index contributed by atoms with van der Waals surface area (Å²) in [6.45, 7) is 1.93. The summed E-state index contributed by atoms with van der Waals surface area (Å²) in [5, 5.41) is 23.0. The fourth-order valence-corrected chi connectivity index (χ4v) is 4.33. The zero-order valence-corrected chi connectivity index (χ0v) is 18.0. The summed E-state index contributed by atoms with van der Waals surface area (Å²) in [7, 11) is 0. The molecule has 0 spiro atoms. The second-order valence-electron chi connectivity index (χ2n) is 6.43. The van der Waals surface area contributed by atoms with Gasteiger partial charge in [0.15, 0.2) is 5.78 Å². The SMILES string of the molecule is Cc1ccccc1[C@H]1C(C#N)=C(N)NC(SCC(=O)c2ccc(Br)cc2)=C1C#N. The molecule has 2 aromatic rings. The molecule has 0 radical (unpaired) electrons. The average molecular weight is 465 g/mol. The number of ketones is 1. The number of nitriles is 2. The maximum atomic E-state index is 12.5. The highest BCUT2D eigenvalue weighted by Gasteiger charge is 2.32. The van der Waals surface area contributed by atoms with Crippen molar-refractivity contribution >= 4 is 33.5 Å². The van der Waals surface area contributed by atoms with Gasteiger partial charge < -0.3 is 11.1 Å². The van der Waals surface area contributed by atoms with Crippen LogP contribution >= 0.6 is 27.7 Å². The van der Waals surface area contributed by atoms with Gasteiger partial charge in [0, 0.05) is 10.0 Å². The minimum Gasteiger partial charge on any atom is -0.384 e. The predicted molar refractivity (Wildman–Crippen MR) is 117 cm³/mol. The number of nitrogens with two attached hydrogens (primary N) is 1. The first-order valence-electron chi connectivity index (χ1n) is 8.74. The fraction of sp³-hybridized carbons (Fsp3) is 0.136. The normalized spacial score (nSPS) is 16.1. The molecule has 0 fully saturated rings. The average Bonchev–Trinajstić information content (AvgIpc) is 2.72. The first kappa shape index (κ1) is 20.7. The maximum absolute atomic E-state index is 12.5.